The molecule has 1 aromatic carbocycles. The minimum atomic E-state index is -1.05. The molecule has 0 aliphatic rings. The van der Waals surface area contributed by atoms with Crippen LogP contribution in [0.3, 0.4) is 0 Å². The maximum absolute atomic E-state index is 12.1. The van der Waals surface area contributed by atoms with E-state index in [4.69, 9.17) is 20.9 Å². The molecule has 0 aliphatic carbocycles. The predicted molar refractivity (Wildman–Crippen MR) is 112 cm³/mol. The molecule has 156 valence electrons. The number of esters is 1. The van der Waals surface area contributed by atoms with E-state index in [0.29, 0.717) is 25.1 Å². The molecule has 0 bridgehead atoms. The lowest BCUT2D eigenvalue weighted by Crippen LogP contribution is -2.34. The number of hydrogen-bond donors (Lipinski definition) is 2. The topological polar surface area (TPSA) is 105 Å². The molecule has 0 aromatic heterocycles. The van der Waals surface area contributed by atoms with Gasteiger partial charge in [0.2, 0.25) is 0 Å². The Kier molecular flexibility index (Phi) is 14.2. The molecular weight excluding hydrogens is 391 g/mol. The highest BCUT2D eigenvalue weighted by molar-refractivity contribution is 5.86. The predicted octanol–water partition coefficient (Wildman–Crippen LogP) is 4.28. The third kappa shape index (κ3) is 8.93. The summed E-state index contributed by atoms with van der Waals surface area (Å²) in [4.78, 5) is 24.0. The fourth-order valence-electron chi connectivity index (χ4n) is 2.49. The molecule has 0 amide bonds. The van der Waals surface area contributed by atoms with Gasteiger partial charge in [-0.2, -0.15) is 0 Å². The first-order valence-corrected chi connectivity index (χ1v) is 8.79. The first-order valence-electron chi connectivity index (χ1n) is 8.79. The average Bonchev–Trinajstić information content (AvgIpc) is 2.54. The van der Waals surface area contributed by atoms with Crippen LogP contribution in [-0.2, 0) is 9.53 Å². The van der Waals surface area contributed by atoms with Crippen LogP contribution in [-0.4, -0.2) is 24.7 Å². The number of nitrogens with two attached hydrogens (primary N) is 2. The maximum atomic E-state index is 12.1. The summed E-state index contributed by atoms with van der Waals surface area (Å²) < 4.78 is 10.1. The van der Waals surface area contributed by atoms with Crippen molar-refractivity contribution in [3.63, 3.8) is 0 Å². The van der Waals surface area contributed by atoms with Crippen LogP contribution in [0.1, 0.15) is 69.9 Å². The highest BCUT2D eigenvalue weighted by Gasteiger charge is 2.23. The molecular formula is C19H32Cl2N2O4. The highest BCUT2D eigenvalue weighted by atomic mass is 35.5. The van der Waals surface area contributed by atoms with Crippen LogP contribution < -0.4 is 16.2 Å². The fourth-order valence-corrected chi connectivity index (χ4v) is 2.49. The molecule has 0 spiro atoms. The van der Waals surface area contributed by atoms with Crippen LogP contribution in [0.5, 0.6) is 5.75 Å². The van der Waals surface area contributed by atoms with Crippen molar-refractivity contribution in [2.75, 3.05) is 6.54 Å². The lowest BCUT2D eigenvalue weighted by molar-refractivity contribution is -0.140. The second-order valence-electron chi connectivity index (χ2n) is 6.74. The second-order valence-corrected chi connectivity index (χ2v) is 6.74. The van der Waals surface area contributed by atoms with Gasteiger partial charge in [-0.15, -0.1) is 24.8 Å². The summed E-state index contributed by atoms with van der Waals surface area (Å²) in [6.07, 6.45) is 0.845. The third-order valence-corrected chi connectivity index (χ3v) is 3.96. The van der Waals surface area contributed by atoms with Gasteiger partial charge in [0, 0.05) is 0 Å². The molecule has 1 aromatic rings. The van der Waals surface area contributed by atoms with Gasteiger partial charge in [-0.25, -0.2) is 9.59 Å². The Hall–Kier alpha value is -1.34. The van der Waals surface area contributed by atoms with Gasteiger partial charge < -0.3 is 20.9 Å². The molecule has 0 aliphatic heterocycles. The zero-order valence-corrected chi connectivity index (χ0v) is 18.0. The van der Waals surface area contributed by atoms with Crippen LogP contribution in [0.4, 0.5) is 4.79 Å². The van der Waals surface area contributed by atoms with Crippen molar-refractivity contribution in [1.29, 1.82) is 0 Å². The maximum Gasteiger partial charge on any atom is 0.521 e. The normalized spacial score (nSPS) is 11.4. The molecule has 0 heterocycles. The minimum Gasteiger partial charge on any atom is -0.394 e. The lowest BCUT2D eigenvalue weighted by Gasteiger charge is -2.18. The van der Waals surface area contributed by atoms with Gasteiger partial charge in [0.1, 0.15) is 11.8 Å². The van der Waals surface area contributed by atoms with E-state index >= 15 is 0 Å². The number of halogens is 2. The van der Waals surface area contributed by atoms with Crippen molar-refractivity contribution in [3.05, 3.63) is 29.3 Å². The second kappa shape index (κ2) is 13.8. The number of benzene rings is 1. The van der Waals surface area contributed by atoms with E-state index in [-0.39, 0.29) is 36.6 Å². The number of unbranched alkanes of at least 4 members (excludes halogenated alkanes) is 1. The first kappa shape index (κ1) is 27.9. The standard InChI is InChI=1S/C19H30N2O4.2ClH/c1-12(2)14-8-7-9-15(13(3)4)17(14)24-19(23)25-18(22)16(21)10-5-6-11-20;;/h7-9,12-13,16H,5-6,10-11,20-21H2,1-4H3;2*1H/t16-;;/m0../s1. The van der Waals surface area contributed by atoms with E-state index < -0.39 is 18.2 Å². The van der Waals surface area contributed by atoms with Gasteiger partial charge in [-0.1, -0.05) is 52.3 Å². The third-order valence-electron chi connectivity index (χ3n) is 3.96. The van der Waals surface area contributed by atoms with E-state index in [2.05, 4.69) is 0 Å². The first-order chi connectivity index (χ1) is 11.8. The monoisotopic (exact) mass is 422 g/mol. The van der Waals surface area contributed by atoms with E-state index in [1.54, 1.807) is 0 Å². The summed E-state index contributed by atoms with van der Waals surface area (Å²) in [6, 6.07) is 4.88. The lowest BCUT2D eigenvalue weighted by atomic mass is 9.94. The quantitative estimate of drug-likeness (QED) is 0.280. The number of para-hydroxylation sites is 1. The average molecular weight is 423 g/mol. The van der Waals surface area contributed by atoms with E-state index in [0.717, 1.165) is 17.5 Å². The molecule has 27 heavy (non-hydrogen) atoms. The van der Waals surface area contributed by atoms with Crippen molar-refractivity contribution < 1.29 is 19.1 Å². The largest absolute Gasteiger partial charge is 0.521 e. The Morgan fingerprint density at radius 3 is 1.96 bits per heavy atom. The SMILES string of the molecule is CC(C)c1cccc(C(C)C)c1OC(=O)OC(=O)[C@@H](N)CCCCN.Cl.Cl. The Morgan fingerprint density at radius 1 is 1.00 bits per heavy atom. The van der Waals surface area contributed by atoms with Crippen LogP contribution in [0.15, 0.2) is 18.2 Å². The van der Waals surface area contributed by atoms with E-state index in [1.807, 2.05) is 45.9 Å². The van der Waals surface area contributed by atoms with Gasteiger partial charge >= 0.3 is 12.1 Å². The van der Waals surface area contributed by atoms with Crippen molar-refractivity contribution in [2.45, 2.75) is 64.8 Å². The number of rotatable bonds is 8. The van der Waals surface area contributed by atoms with Crippen LogP contribution >= 0.6 is 24.8 Å². The van der Waals surface area contributed by atoms with Gasteiger partial charge in [-0.05, 0) is 42.3 Å². The Morgan fingerprint density at radius 2 is 1.52 bits per heavy atom. The molecule has 0 unspecified atom stereocenters. The van der Waals surface area contributed by atoms with Crippen LogP contribution in [0.25, 0.3) is 0 Å². The van der Waals surface area contributed by atoms with Gasteiger partial charge in [0.25, 0.3) is 0 Å². The summed E-state index contributed by atoms with van der Waals surface area (Å²) in [7, 11) is 0. The molecule has 6 nitrogen and oxygen atoms in total. The smallest absolute Gasteiger partial charge is 0.394 e. The van der Waals surface area contributed by atoms with Gasteiger partial charge in [-0.3, -0.25) is 0 Å². The van der Waals surface area contributed by atoms with Crippen molar-refractivity contribution in [2.24, 2.45) is 11.5 Å². The Balaban J connectivity index is 0. The van der Waals surface area contributed by atoms with Crippen molar-refractivity contribution in [3.8, 4) is 5.75 Å². The summed E-state index contributed by atoms with van der Waals surface area (Å²) >= 11 is 0. The molecule has 1 atom stereocenters. The Labute approximate surface area is 174 Å². The number of ether oxygens (including phenoxy) is 2. The van der Waals surface area contributed by atoms with Crippen LogP contribution in [0.2, 0.25) is 0 Å². The number of hydrogen-bond acceptors (Lipinski definition) is 6. The number of carbonyl (C=O) groups is 2. The molecule has 4 N–H and O–H groups in total. The molecule has 0 radical (unpaired) electrons. The Bertz CT molecular complexity index is 569. The van der Waals surface area contributed by atoms with Crippen LogP contribution in [0, 0.1) is 0 Å². The molecule has 1 rings (SSSR count). The zero-order valence-electron chi connectivity index (χ0n) is 16.4. The van der Waals surface area contributed by atoms with E-state index in [9.17, 15) is 9.59 Å². The molecule has 0 saturated heterocycles. The van der Waals surface area contributed by atoms with Gasteiger partial charge in [0.15, 0.2) is 0 Å². The summed E-state index contributed by atoms with van der Waals surface area (Å²) in [5, 5.41) is 0. The molecule has 0 fully saturated rings. The fraction of sp³-hybridized carbons (Fsp3) is 0.579. The zero-order chi connectivity index (χ0) is 19.0. The summed E-state index contributed by atoms with van der Waals surface area (Å²) in [5.41, 5.74) is 12.9. The molecule has 8 heteroatoms. The highest BCUT2D eigenvalue weighted by Crippen LogP contribution is 2.34. The minimum absolute atomic E-state index is 0. The van der Waals surface area contributed by atoms with Crippen molar-refractivity contribution >= 4 is 36.9 Å². The van der Waals surface area contributed by atoms with Crippen molar-refractivity contribution in [1.82, 2.24) is 0 Å². The summed E-state index contributed by atoms with van der Waals surface area (Å²) in [5.74, 6) is 0.00333. The number of carbonyl (C=O) groups excluding carboxylic acids is 2. The molecule has 0 saturated carbocycles. The summed E-state index contributed by atoms with van der Waals surface area (Å²) in [6.45, 7) is 8.58. The van der Waals surface area contributed by atoms with E-state index in [1.165, 1.54) is 0 Å². The van der Waals surface area contributed by atoms with Gasteiger partial charge in [0.05, 0.1) is 0 Å².